The van der Waals surface area contributed by atoms with E-state index >= 15 is 0 Å². The Morgan fingerprint density at radius 2 is 1.76 bits per heavy atom. The van der Waals surface area contributed by atoms with Gasteiger partial charge in [-0.15, -0.1) is 0 Å². The smallest absolute Gasteiger partial charge is 0.223 e. The minimum atomic E-state index is -0.576. The van der Waals surface area contributed by atoms with Gasteiger partial charge in [-0.05, 0) is 42.4 Å². The summed E-state index contributed by atoms with van der Waals surface area (Å²) in [5.74, 6) is 1.37. The van der Waals surface area contributed by atoms with Crippen LogP contribution in [0.25, 0.3) is 0 Å². The summed E-state index contributed by atoms with van der Waals surface area (Å²) in [6.07, 6.45) is 7.95. The van der Waals surface area contributed by atoms with Crippen molar-refractivity contribution < 1.29 is 24.5 Å². The zero-order valence-corrected chi connectivity index (χ0v) is 22.3. The van der Waals surface area contributed by atoms with Gasteiger partial charge in [0.15, 0.2) is 0 Å². The summed E-state index contributed by atoms with van der Waals surface area (Å²) in [6, 6.07) is 13.0. The third kappa shape index (κ3) is 6.30. The fourth-order valence-corrected chi connectivity index (χ4v) is 5.84. The highest BCUT2D eigenvalue weighted by molar-refractivity contribution is 5.78. The third-order valence-electron chi connectivity index (χ3n) is 7.65. The molecule has 2 aliphatic rings. The van der Waals surface area contributed by atoms with E-state index in [0.29, 0.717) is 41.9 Å². The topological polar surface area (TPSA) is 79.2 Å². The number of methoxy groups -OCH3 is 1. The molecule has 0 aromatic heterocycles. The molecule has 0 spiro atoms. The second kappa shape index (κ2) is 11.3. The quantitative estimate of drug-likeness (QED) is 0.450. The van der Waals surface area contributed by atoms with E-state index in [4.69, 9.17) is 9.47 Å². The molecule has 6 nitrogen and oxygen atoms in total. The number of benzene rings is 2. The first-order chi connectivity index (χ1) is 17.7. The number of piperidine rings is 1. The number of ether oxygens (including phenoxy) is 2. The van der Waals surface area contributed by atoms with Crippen molar-refractivity contribution in [3.05, 3.63) is 77.6 Å². The molecule has 1 heterocycles. The van der Waals surface area contributed by atoms with Gasteiger partial charge in [0, 0.05) is 48.5 Å². The summed E-state index contributed by atoms with van der Waals surface area (Å²) in [7, 11) is 1.49. The normalized spacial score (nSPS) is 24.3. The number of hydrogen-bond acceptors (Lipinski definition) is 5. The van der Waals surface area contributed by atoms with E-state index in [1.165, 1.54) is 19.2 Å². The van der Waals surface area contributed by atoms with Crippen LogP contribution in [0.15, 0.2) is 66.5 Å². The lowest BCUT2D eigenvalue weighted by Gasteiger charge is -2.40. The number of phenols is 2. The Hall–Kier alpha value is -3.41. The van der Waals surface area contributed by atoms with Crippen LogP contribution in [0.3, 0.4) is 0 Å². The number of phenolic OH excluding ortho intramolecular Hbond substituents is 2. The number of carbonyl (C=O) groups is 1. The molecule has 4 rings (SSSR count). The lowest BCUT2D eigenvalue weighted by Crippen LogP contribution is -2.44. The molecule has 0 bridgehead atoms. The van der Waals surface area contributed by atoms with Gasteiger partial charge in [-0.25, -0.2) is 0 Å². The van der Waals surface area contributed by atoms with Gasteiger partial charge in [0.1, 0.15) is 29.6 Å². The summed E-state index contributed by atoms with van der Waals surface area (Å²) in [4.78, 5) is 15.6. The van der Waals surface area contributed by atoms with Crippen molar-refractivity contribution in [3.63, 3.8) is 0 Å². The molecule has 6 heteroatoms. The Balaban J connectivity index is 1.66. The molecule has 4 atom stereocenters. The van der Waals surface area contributed by atoms with Crippen molar-refractivity contribution in [2.24, 2.45) is 17.3 Å². The van der Waals surface area contributed by atoms with Gasteiger partial charge < -0.3 is 24.6 Å². The number of rotatable bonds is 8. The predicted octanol–water partition coefficient (Wildman–Crippen LogP) is 6.15. The summed E-state index contributed by atoms with van der Waals surface area (Å²) < 4.78 is 11.4. The van der Waals surface area contributed by atoms with Gasteiger partial charge in [0.25, 0.3) is 0 Å². The first kappa shape index (κ1) is 26.6. The van der Waals surface area contributed by atoms with E-state index < -0.39 is 11.3 Å². The van der Waals surface area contributed by atoms with Crippen LogP contribution in [0, 0.1) is 17.3 Å². The lowest BCUT2D eigenvalue weighted by molar-refractivity contribution is -0.134. The van der Waals surface area contributed by atoms with Crippen LogP contribution in [-0.4, -0.2) is 41.2 Å². The third-order valence-corrected chi connectivity index (χ3v) is 7.65. The van der Waals surface area contributed by atoms with Crippen LogP contribution < -0.4 is 4.74 Å². The van der Waals surface area contributed by atoms with Crippen LogP contribution >= 0.6 is 0 Å². The molecule has 4 unspecified atom stereocenters. The number of likely N-dealkylation sites (tertiary alicyclic amines) is 1. The maximum Gasteiger partial charge on any atom is 0.223 e. The molecule has 1 saturated heterocycles. The highest BCUT2D eigenvalue weighted by Gasteiger charge is 2.40. The Morgan fingerprint density at radius 1 is 1.11 bits per heavy atom. The molecule has 1 amide bonds. The van der Waals surface area contributed by atoms with Gasteiger partial charge in [-0.1, -0.05) is 57.2 Å². The fraction of sp³-hybridized carbons (Fsp3) is 0.452. The number of amides is 1. The largest absolute Gasteiger partial charge is 0.507 e. The van der Waals surface area contributed by atoms with E-state index in [2.05, 4.69) is 20.8 Å². The molecular formula is C31H39NO5. The van der Waals surface area contributed by atoms with Crippen LogP contribution in [0.2, 0.25) is 0 Å². The second-order valence-electron chi connectivity index (χ2n) is 11.0. The van der Waals surface area contributed by atoms with Crippen molar-refractivity contribution in [2.45, 2.75) is 52.6 Å². The lowest BCUT2D eigenvalue weighted by atomic mass is 9.67. The second-order valence-corrected chi connectivity index (χ2v) is 11.0. The Labute approximate surface area is 220 Å². The highest BCUT2D eigenvalue weighted by atomic mass is 16.5. The zero-order valence-electron chi connectivity index (χ0n) is 22.3. The molecule has 2 aromatic rings. The summed E-state index contributed by atoms with van der Waals surface area (Å²) in [5.41, 5.74) is 0.853. The Bertz CT molecular complexity index is 1120. The number of carbonyl (C=O) groups excluding carboxylic acids is 1. The van der Waals surface area contributed by atoms with E-state index in [1.807, 2.05) is 53.5 Å². The average molecular weight is 506 g/mol. The zero-order chi connectivity index (χ0) is 26.6. The number of nitrogens with zero attached hydrogens (tertiary/aromatic N) is 1. The van der Waals surface area contributed by atoms with Crippen molar-refractivity contribution in [1.29, 1.82) is 0 Å². The van der Waals surface area contributed by atoms with Gasteiger partial charge in [0.2, 0.25) is 5.91 Å². The van der Waals surface area contributed by atoms with E-state index in [9.17, 15) is 15.0 Å². The minimum absolute atomic E-state index is 0.0361. The SMILES string of the molecule is COc1cc(O)c(C(CC(=O)N2CC(C)CC(C)C2)C2(C)C=C(OCc3ccccc3)C=CC2)c(O)c1. The predicted molar refractivity (Wildman–Crippen MR) is 144 cm³/mol. The summed E-state index contributed by atoms with van der Waals surface area (Å²) >= 11 is 0. The standard InChI is InChI=1S/C31H39NO5/c1-21-13-22(2)19-32(18-21)29(35)16-26(30-27(33)14-25(36-4)15-28(30)34)31(3)12-8-11-24(17-31)37-20-23-9-6-5-7-10-23/h5-11,14-15,17,21-22,26,33-34H,12-13,16,18-20H2,1-4H3. The van der Waals surface area contributed by atoms with Crippen molar-refractivity contribution in [3.8, 4) is 17.2 Å². The average Bonchev–Trinajstić information content (AvgIpc) is 2.86. The number of hydrogen-bond donors (Lipinski definition) is 2. The molecule has 37 heavy (non-hydrogen) atoms. The molecule has 2 N–H and O–H groups in total. The van der Waals surface area contributed by atoms with Crippen molar-refractivity contribution in [1.82, 2.24) is 4.90 Å². The van der Waals surface area contributed by atoms with Crippen molar-refractivity contribution in [2.75, 3.05) is 20.2 Å². The minimum Gasteiger partial charge on any atom is -0.507 e. The number of allylic oxidation sites excluding steroid dienone is 3. The van der Waals surface area contributed by atoms with Gasteiger partial charge in [-0.3, -0.25) is 4.79 Å². The molecule has 0 radical (unpaired) electrons. The van der Waals surface area contributed by atoms with Gasteiger partial charge in [-0.2, -0.15) is 0 Å². The van der Waals surface area contributed by atoms with E-state index in [0.717, 1.165) is 25.1 Å². The maximum absolute atomic E-state index is 13.7. The first-order valence-corrected chi connectivity index (χ1v) is 13.1. The van der Waals surface area contributed by atoms with Gasteiger partial charge >= 0.3 is 0 Å². The van der Waals surface area contributed by atoms with Crippen LogP contribution in [0.4, 0.5) is 0 Å². The molecule has 1 aliphatic heterocycles. The molecule has 1 aliphatic carbocycles. The van der Waals surface area contributed by atoms with Crippen LogP contribution in [-0.2, 0) is 16.1 Å². The summed E-state index contributed by atoms with van der Waals surface area (Å²) in [6.45, 7) is 8.31. The van der Waals surface area contributed by atoms with Crippen LogP contribution in [0.1, 0.15) is 57.1 Å². The van der Waals surface area contributed by atoms with Crippen LogP contribution in [0.5, 0.6) is 17.2 Å². The summed E-state index contributed by atoms with van der Waals surface area (Å²) in [5, 5.41) is 22.0. The Kier molecular flexibility index (Phi) is 8.16. The molecule has 0 saturated carbocycles. The highest BCUT2D eigenvalue weighted by Crippen LogP contribution is 2.51. The fourth-order valence-electron chi connectivity index (χ4n) is 5.84. The monoisotopic (exact) mass is 505 g/mol. The van der Waals surface area contributed by atoms with Gasteiger partial charge in [0.05, 0.1) is 7.11 Å². The molecule has 2 aromatic carbocycles. The first-order valence-electron chi connectivity index (χ1n) is 13.1. The van der Waals surface area contributed by atoms with Crippen molar-refractivity contribution >= 4 is 5.91 Å². The Morgan fingerprint density at radius 3 is 2.38 bits per heavy atom. The van der Waals surface area contributed by atoms with E-state index in [-0.39, 0.29) is 23.8 Å². The molecule has 1 fully saturated rings. The maximum atomic E-state index is 13.7. The van der Waals surface area contributed by atoms with E-state index in [1.54, 1.807) is 0 Å². The molecule has 198 valence electrons. The molecular weight excluding hydrogens is 466 g/mol. The number of aromatic hydroxyl groups is 2.